The van der Waals surface area contributed by atoms with Gasteiger partial charge in [-0.05, 0) is 24.6 Å². The fourth-order valence-corrected chi connectivity index (χ4v) is 2.26. The predicted octanol–water partition coefficient (Wildman–Crippen LogP) is 5.80. The van der Waals surface area contributed by atoms with Gasteiger partial charge in [-0.1, -0.05) is 57.0 Å². The Bertz CT molecular complexity index is 404. The van der Waals surface area contributed by atoms with Crippen LogP contribution in [-0.4, -0.2) is 5.78 Å². The minimum atomic E-state index is -0.475. The lowest BCUT2D eigenvalue weighted by Crippen LogP contribution is -2.02. The van der Waals surface area contributed by atoms with Gasteiger partial charge in [0.25, 0.3) is 0 Å². The number of Topliss-reactive ketones (excluding diaryl/α,β-unsaturated/α-hetero) is 1. The van der Waals surface area contributed by atoms with Crippen molar-refractivity contribution >= 4 is 17.4 Å². The molecule has 0 fully saturated rings. The van der Waals surface area contributed by atoms with Crippen LogP contribution in [0.15, 0.2) is 18.2 Å². The summed E-state index contributed by atoms with van der Waals surface area (Å²) in [6.07, 6.45) is 8.46. The van der Waals surface area contributed by atoms with Crippen LogP contribution in [0.1, 0.15) is 68.6 Å². The molecule has 1 aromatic carbocycles. The highest BCUT2D eigenvalue weighted by molar-refractivity contribution is 6.31. The number of benzene rings is 1. The smallest absolute Gasteiger partial charge is 0.165 e. The lowest BCUT2D eigenvalue weighted by atomic mass is 10.0. The first-order valence-corrected chi connectivity index (χ1v) is 7.51. The van der Waals surface area contributed by atoms with Crippen LogP contribution in [0.2, 0.25) is 5.02 Å². The average molecular weight is 285 g/mol. The number of carbonyl (C=O) groups is 1. The topological polar surface area (TPSA) is 17.1 Å². The van der Waals surface area contributed by atoms with Crippen molar-refractivity contribution in [1.82, 2.24) is 0 Å². The highest BCUT2D eigenvalue weighted by Crippen LogP contribution is 2.18. The van der Waals surface area contributed by atoms with E-state index in [-0.39, 0.29) is 11.3 Å². The molecule has 19 heavy (non-hydrogen) atoms. The fraction of sp³-hybridized carbons (Fsp3) is 0.562. The van der Waals surface area contributed by atoms with E-state index in [1.54, 1.807) is 0 Å². The Balaban J connectivity index is 2.26. The SMILES string of the molecule is CCCCCCCCCC(=O)c1cc(Cl)ccc1F. The summed E-state index contributed by atoms with van der Waals surface area (Å²) >= 11 is 5.77. The van der Waals surface area contributed by atoms with Gasteiger partial charge in [0.2, 0.25) is 0 Å². The molecular weight excluding hydrogens is 263 g/mol. The molecule has 0 heterocycles. The third kappa shape index (κ3) is 6.20. The highest BCUT2D eigenvalue weighted by atomic mass is 35.5. The first-order chi connectivity index (χ1) is 9.15. The summed E-state index contributed by atoms with van der Waals surface area (Å²) in [5.41, 5.74) is 0.124. The zero-order valence-electron chi connectivity index (χ0n) is 11.6. The summed E-state index contributed by atoms with van der Waals surface area (Å²) < 4.78 is 13.5. The van der Waals surface area contributed by atoms with Crippen LogP contribution in [0, 0.1) is 5.82 Å². The first kappa shape index (κ1) is 16.2. The molecule has 0 atom stereocenters. The van der Waals surface area contributed by atoms with Crippen LogP contribution in [0.25, 0.3) is 0 Å². The van der Waals surface area contributed by atoms with E-state index in [0.717, 1.165) is 19.3 Å². The maximum absolute atomic E-state index is 13.5. The van der Waals surface area contributed by atoms with Gasteiger partial charge in [-0.25, -0.2) is 4.39 Å². The molecule has 0 saturated heterocycles. The van der Waals surface area contributed by atoms with Crippen LogP contribution >= 0.6 is 11.6 Å². The van der Waals surface area contributed by atoms with Gasteiger partial charge in [0, 0.05) is 11.4 Å². The van der Waals surface area contributed by atoms with Crippen LogP contribution in [0.3, 0.4) is 0 Å². The van der Waals surface area contributed by atoms with Crippen molar-refractivity contribution in [3.63, 3.8) is 0 Å². The van der Waals surface area contributed by atoms with Crippen molar-refractivity contribution < 1.29 is 9.18 Å². The number of ketones is 1. The van der Waals surface area contributed by atoms with Gasteiger partial charge >= 0.3 is 0 Å². The Kier molecular flexibility index (Phi) is 7.73. The predicted molar refractivity (Wildman–Crippen MR) is 78.4 cm³/mol. The normalized spacial score (nSPS) is 10.7. The number of unbranched alkanes of at least 4 members (excludes halogenated alkanes) is 6. The highest BCUT2D eigenvalue weighted by Gasteiger charge is 2.11. The van der Waals surface area contributed by atoms with E-state index in [1.807, 2.05) is 0 Å². The van der Waals surface area contributed by atoms with E-state index in [2.05, 4.69) is 6.92 Å². The molecule has 3 heteroatoms. The Morgan fingerprint density at radius 2 is 1.74 bits per heavy atom. The molecule has 1 aromatic rings. The second-order valence-corrected chi connectivity index (χ2v) is 5.36. The summed E-state index contributed by atoms with van der Waals surface area (Å²) in [6.45, 7) is 2.19. The standard InChI is InChI=1S/C16H22ClFO/c1-2-3-4-5-6-7-8-9-16(19)14-12-13(17)10-11-15(14)18/h10-12H,2-9H2,1H3. The molecule has 0 aliphatic carbocycles. The third-order valence-corrected chi connectivity index (χ3v) is 3.47. The van der Waals surface area contributed by atoms with Crippen molar-refractivity contribution in [3.8, 4) is 0 Å². The molecule has 0 amide bonds. The minimum Gasteiger partial charge on any atom is -0.294 e. The molecule has 0 aliphatic rings. The third-order valence-electron chi connectivity index (χ3n) is 3.24. The van der Waals surface area contributed by atoms with Crippen LogP contribution in [-0.2, 0) is 0 Å². The van der Waals surface area contributed by atoms with Crippen molar-refractivity contribution in [1.29, 1.82) is 0 Å². The molecule has 0 radical (unpaired) electrons. The molecular formula is C16H22ClFO. The molecule has 0 aromatic heterocycles. The molecule has 0 bridgehead atoms. The molecule has 0 unspecified atom stereocenters. The Hall–Kier alpha value is -0.890. The molecule has 1 nitrogen and oxygen atoms in total. The van der Waals surface area contributed by atoms with Crippen LogP contribution in [0.4, 0.5) is 4.39 Å². The molecule has 0 aliphatic heterocycles. The van der Waals surface area contributed by atoms with Gasteiger partial charge in [-0.3, -0.25) is 4.79 Å². The first-order valence-electron chi connectivity index (χ1n) is 7.13. The number of hydrogen-bond acceptors (Lipinski definition) is 1. The summed E-state index contributed by atoms with van der Waals surface area (Å²) in [5, 5.41) is 0.407. The Morgan fingerprint density at radius 3 is 2.42 bits per heavy atom. The summed E-state index contributed by atoms with van der Waals surface area (Å²) in [6, 6.07) is 4.13. The number of rotatable bonds is 9. The second-order valence-electron chi connectivity index (χ2n) is 4.92. The monoisotopic (exact) mass is 284 g/mol. The van der Waals surface area contributed by atoms with E-state index in [1.165, 1.54) is 43.9 Å². The molecule has 1 rings (SSSR count). The average Bonchev–Trinajstić information content (AvgIpc) is 2.40. The number of carbonyl (C=O) groups excluding carboxylic acids is 1. The molecule has 106 valence electrons. The lowest BCUT2D eigenvalue weighted by Gasteiger charge is -2.04. The zero-order valence-corrected chi connectivity index (χ0v) is 12.3. The number of halogens is 2. The summed E-state index contributed by atoms with van der Waals surface area (Å²) in [7, 11) is 0. The Labute approximate surface area is 120 Å². The van der Waals surface area contributed by atoms with Crippen LogP contribution < -0.4 is 0 Å². The van der Waals surface area contributed by atoms with Gasteiger partial charge < -0.3 is 0 Å². The lowest BCUT2D eigenvalue weighted by molar-refractivity contribution is 0.0975. The minimum absolute atomic E-state index is 0.124. The Morgan fingerprint density at radius 1 is 1.11 bits per heavy atom. The van der Waals surface area contributed by atoms with Crippen molar-refractivity contribution in [2.24, 2.45) is 0 Å². The van der Waals surface area contributed by atoms with E-state index < -0.39 is 5.82 Å². The largest absolute Gasteiger partial charge is 0.294 e. The van der Waals surface area contributed by atoms with Gasteiger partial charge in [-0.15, -0.1) is 0 Å². The van der Waals surface area contributed by atoms with E-state index in [9.17, 15) is 9.18 Å². The quantitative estimate of drug-likeness (QED) is 0.413. The molecule has 0 spiro atoms. The molecule has 0 N–H and O–H groups in total. The van der Waals surface area contributed by atoms with E-state index in [0.29, 0.717) is 11.4 Å². The zero-order chi connectivity index (χ0) is 14.1. The maximum atomic E-state index is 13.5. The summed E-state index contributed by atoms with van der Waals surface area (Å²) in [4.78, 5) is 11.9. The second kappa shape index (κ2) is 9.08. The van der Waals surface area contributed by atoms with Crippen molar-refractivity contribution in [2.75, 3.05) is 0 Å². The van der Waals surface area contributed by atoms with Gasteiger partial charge in [-0.2, -0.15) is 0 Å². The van der Waals surface area contributed by atoms with Crippen molar-refractivity contribution in [2.45, 2.75) is 58.3 Å². The van der Waals surface area contributed by atoms with E-state index in [4.69, 9.17) is 11.6 Å². The van der Waals surface area contributed by atoms with Crippen molar-refractivity contribution in [3.05, 3.63) is 34.6 Å². The molecule has 0 saturated carbocycles. The maximum Gasteiger partial charge on any atom is 0.165 e. The number of hydrogen-bond donors (Lipinski definition) is 0. The summed E-state index contributed by atoms with van der Waals surface area (Å²) in [5.74, 6) is -0.620. The van der Waals surface area contributed by atoms with Gasteiger partial charge in [0.1, 0.15) is 5.82 Å². The van der Waals surface area contributed by atoms with E-state index >= 15 is 0 Å². The van der Waals surface area contributed by atoms with Gasteiger partial charge in [0.15, 0.2) is 5.78 Å². The fourth-order valence-electron chi connectivity index (χ4n) is 2.09. The van der Waals surface area contributed by atoms with Crippen LogP contribution in [0.5, 0.6) is 0 Å². The van der Waals surface area contributed by atoms with Gasteiger partial charge in [0.05, 0.1) is 5.56 Å².